The topological polar surface area (TPSA) is 47.6 Å². The molecule has 106 valence electrons. The van der Waals surface area contributed by atoms with Crippen molar-refractivity contribution < 1.29 is 14.3 Å². The minimum absolute atomic E-state index is 0.312. The molecule has 0 aromatic heterocycles. The summed E-state index contributed by atoms with van der Waals surface area (Å²) in [7, 11) is 1.40. The van der Waals surface area contributed by atoms with Crippen molar-refractivity contribution in [1.29, 1.82) is 0 Å². The Balaban J connectivity index is 3.20. The predicted molar refractivity (Wildman–Crippen MR) is 75.3 cm³/mol. The summed E-state index contributed by atoms with van der Waals surface area (Å²) in [6.07, 6.45) is 0.934. The Bertz CT molecular complexity index is 420. The Morgan fingerprint density at radius 2 is 2.00 bits per heavy atom. The van der Waals surface area contributed by atoms with Crippen molar-refractivity contribution in [2.24, 2.45) is 0 Å². The Labute approximate surface area is 115 Å². The zero-order valence-electron chi connectivity index (χ0n) is 12.2. The van der Waals surface area contributed by atoms with Gasteiger partial charge >= 0.3 is 5.97 Å². The summed E-state index contributed by atoms with van der Waals surface area (Å²) in [5.74, 6) is 0.398. The summed E-state index contributed by atoms with van der Waals surface area (Å²) in [4.78, 5) is 12.2. The first-order valence-corrected chi connectivity index (χ1v) is 6.65. The maximum absolute atomic E-state index is 12.2. The van der Waals surface area contributed by atoms with E-state index in [1.54, 1.807) is 0 Å². The molecule has 1 rings (SSSR count). The normalized spacial score (nSPS) is 13.7. The van der Waals surface area contributed by atoms with Crippen LogP contribution in [0.5, 0.6) is 5.75 Å². The largest absolute Gasteiger partial charge is 0.494 e. The number of hydrogen-bond donors (Lipinski definition) is 1. The van der Waals surface area contributed by atoms with Crippen LogP contribution >= 0.6 is 0 Å². The Hall–Kier alpha value is -1.55. The molecule has 1 atom stereocenters. The average molecular weight is 265 g/mol. The van der Waals surface area contributed by atoms with Gasteiger partial charge in [0.25, 0.3) is 0 Å². The average Bonchev–Trinajstić information content (AvgIpc) is 2.44. The van der Waals surface area contributed by atoms with Gasteiger partial charge in [-0.05, 0) is 32.9 Å². The van der Waals surface area contributed by atoms with Gasteiger partial charge in [0.15, 0.2) is 0 Å². The number of carbonyl (C=O) groups is 1. The fourth-order valence-corrected chi connectivity index (χ4v) is 2.02. The van der Waals surface area contributed by atoms with Crippen molar-refractivity contribution in [3.8, 4) is 5.75 Å². The van der Waals surface area contributed by atoms with Crippen molar-refractivity contribution in [1.82, 2.24) is 5.32 Å². The molecule has 0 saturated heterocycles. The summed E-state index contributed by atoms with van der Waals surface area (Å²) in [6, 6.07) is 7.55. The summed E-state index contributed by atoms with van der Waals surface area (Å²) in [6.45, 7) is 7.09. The van der Waals surface area contributed by atoms with Crippen LogP contribution in [0.15, 0.2) is 24.3 Å². The number of benzene rings is 1. The molecule has 0 aliphatic rings. The van der Waals surface area contributed by atoms with Gasteiger partial charge in [0.2, 0.25) is 0 Å². The van der Waals surface area contributed by atoms with Gasteiger partial charge in [0, 0.05) is 5.56 Å². The second-order valence-corrected chi connectivity index (χ2v) is 4.47. The smallest absolute Gasteiger partial charge is 0.330 e. The Morgan fingerprint density at radius 3 is 2.58 bits per heavy atom. The highest BCUT2D eigenvalue weighted by Gasteiger charge is 2.38. The molecule has 0 bridgehead atoms. The van der Waals surface area contributed by atoms with Crippen LogP contribution in [0.2, 0.25) is 0 Å². The number of rotatable bonds is 7. The van der Waals surface area contributed by atoms with E-state index in [9.17, 15) is 4.79 Å². The first-order valence-electron chi connectivity index (χ1n) is 6.65. The van der Waals surface area contributed by atoms with Gasteiger partial charge in [0.1, 0.15) is 11.3 Å². The van der Waals surface area contributed by atoms with Gasteiger partial charge in [0.05, 0.1) is 13.7 Å². The maximum atomic E-state index is 12.2. The zero-order valence-corrected chi connectivity index (χ0v) is 12.2. The van der Waals surface area contributed by atoms with Gasteiger partial charge in [-0.25, -0.2) is 4.79 Å². The lowest BCUT2D eigenvalue weighted by Crippen LogP contribution is -2.48. The predicted octanol–water partition coefficient (Wildman–Crippen LogP) is 2.47. The van der Waals surface area contributed by atoms with Gasteiger partial charge in [-0.2, -0.15) is 0 Å². The van der Waals surface area contributed by atoms with E-state index in [4.69, 9.17) is 9.47 Å². The van der Waals surface area contributed by atoms with E-state index >= 15 is 0 Å². The SMILES string of the molecule is CCCNC(C)(C(=O)OC)c1ccccc1OCC. The molecule has 4 nitrogen and oxygen atoms in total. The Morgan fingerprint density at radius 1 is 1.32 bits per heavy atom. The molecule has 0 fully saturated rings. The minimum atomic E-state index is -0.892. The number of esters is 1. The van der Waals surface area contributed by atoms with Gasteiger partial charge in [-0.1, -0.05) is 25.1 Å². The third kappa shape index (κ3) is 3.47. The molecule has 1 unspecified atom stereocenters. The number of nitrogens with one attached hydrogen (secondary N) is 1. The highest BCUT2D eigenvalue weighted by atomic mass is 16.5. The molecule has 0 radical (unpaired) electrons. The van der Waals surface area contributed by atoms with Crippen LogP contribution in [-0.4, -0.2) is 26.2 Å². The second-order valence-electron chi connectivity index (χ2n) is 4.47. The molecule has 0 heterocycles. The summed E-state index contributed by atoms with van der Waals surface area (Å²) >= 11 is 0. The van der Waals surface area contributed by atoms with Crippen LogP contribution < -0.4 is 10.1 Å². The van der Waals surface area contributed by atoms with E-state index < -0.39 is 5.54 Å². The summed E-state index contributed by atoms with van der Waals surface area (Å²) in [5, 5.41) is 3.26. The van der Waals surface area contributed by atoms with E-state index in [-0.39, 0.29) is 5.97 Å². The van der Waals surface area contributed by atoms with Crippen molar-refractivity contribution in [3.05, 3.63) is 29.8 Å². The van der Waals surface area contributed by atoms with Crippen LogP contribution in [0, 0.1) is 0 Å². The highest BCUT2D eigenvalue weighted by molar-refractivity contribution is 5.83. The molecule has 1 aromatic rings. The first kappa shape index (κ1) is 15.5. The first-order chi connectivity index (χ1) is 9.10. The third-order valence-corrected chi connectivity index (χ3v) is 3.05. The molecule has 0 amide bonds. The number of methoxy groups -OCH3 is 1. The Kier molecular flexibility index (Phi) is 5.83. The lowest BCUT2D eigenvalue weighted by atomic mass is 9.91. The molecule has 0 spiro atoms. The van der Waals surface area contributed by atoms with Crippen LogP contribution in [0.4, 0.5) is 0 Å². The molecule has 19 heavy (non-hydrogen) atoms. The fourth-order valence-electron chi connectivity index (χ4n) is 2.02. The molecule has 4 heteroatoms. The molecule has 1 N–H and O–H groups in total. The van der Waals surface area contributed by atoms with E-state index in [0.29, 0.717) is 12.4 Å². The van der Waals surface area contributed by atoms with Crippen molar-refractivity contribution in [2.75, 3.05) is 20.3 Å². The summed E-state index contributed by atoms with van der Waals surface area (Å²) < 4.78 is 10.6. The number of para-hydroxylation sites is 1. The van der Waals surface area contributed by atoms with Gasteiger partial charge in [-0.15, -0.1) is 0 Å². The van der Waals surface area contributed by atoms with Crippen molar-refractivity contribution in [2.45, 2.75) is 32.7 Å². The number of hydrogen-bond acceptors (Lipinski definition) is 4. The monoisotopic (exact) mass is 265 g/mol. The molecule has 0 aliphatic carbocycles. The van der Waals surface area contributed by atoms with E-state index in [1.807, 2.05) is 38.1 Å². The second kappa shape index (κ2) is 7.14. The lowest BCUT2D eigenvalue weighted by molar-refractivity contribution is -0.148. The van der Waals surface area contributed by atoms with Crippen molar-refractivity contribution in [3.63, 3.8) is 0 Å². The standard InChI is InChI=1S/C15H23NO3/c1-5-11-16-15(3,14(17)18-4)12-9-7-8-10-13(12)19-6-2/h7-10,16H,5-6,11H2,1-4H3. The lowest BCUT2D eigenvalue weighted by Gasteiger charge is -2.30. The van der Waals surface area contributed by atoms with Crippen LogP contribution in [0.3, 0.4) is 0 Å². The molecule has 0 saturated carbocycles. The number of ether oxygens (including phenoxy) is 2. The van der Waals surface area contributed by atoms with E-state index in [2.05, 4.69) is 12.2 Å². The van der Waals surface area contributed by atoms with E-state index in [1.165, 1.54) is 7.11 Å². The minimum Gasteiger partial charge on any atom is -0.494 e. The third-order valence-electron chi connectivity index (χ3n) is 3.05. The molecular formula is C15H23NO3. The van der Waals surface area contributed by atoms with Crippen LogP contribution in [0.1, 0.15) is 32.8 Å². The molecule has 0 aliphatic heterocycles. The van der Waals surface area contributed by atoms with Crippen molar-refractivity contribution >= 4 is 5.97 Å². The maximum Gasteiger partial charge on any atom is 0.330 e. The van der Waals surface area contributed by atoms with Crippen LogP contribution in [-0.2, 0) is 15.1 Å². The van der Waals surface area contributed by atoms with E-state index in [0.717, 1.165) is 18.5 Å². The quantitative estimate of drug-likeness (QED) is 0.769. The highest BCUT2D eigenvalue weighted by Crippen LogP contribution is 2.31. The van der Waals surface area contributed by atoms with Gasteiger partial charge in [-0.3, -0.25) is 5.32 Å². The fraction of sp³-hybridized carbons (Fsp3) is 0.533. The number of carbonyl (C=O) groups excluding carboxylic acids is 1. The van der Waals surface area contributed by atoms with Crippen LogP contribution in [0.25, 0.3) is 0 Å². The van der Waals surface area contributed by atoms with Gasteiger partial charge < -0.3 is 9.47 Å². The zero-order chi connectivity index (χ0) is 14.3. The molecule has 1 aromatic carbocycles. The summed E-state index contributed by atoms with van der Waals surface area (Å²) in [5.41, 5.74) is -0.0894. The molecular weight excluding hydrogens is 242 g/mol.